The van der Waals surface area contributed by atoms with Crippen LogP contribution in [0.25, 0.3) is 0 Å². The lowest BCUT2D eigenvalue weighted by atomic mass is 10.1. The molecule has 0 radical (unpaired) electrons. The minimum Gasteiger partial charge on any atom is -0.492 e. The van der Waals surface area contributed by atoms with Gasteiger partial charge in [0.05, 0.1) is 24.3 Å². The van der Waals surface area contributed by atoms with Crippen molar-refractivity contribution < 1.29 is 23.9 Å². The number of nitrogens with zero attached hydrogens (tertiary/aromatic N) is 1. The topological polar surface area (TPSA) is 84.9 Å². The molecule has 0 spiro atoms. The molecule has 2 amide bonds. The van der Waals surface area contributed by atoms with Gasteiger partial charge in [0.25, 0.3) is 5.91 Å². The van der Waals surface area contributed by atoms with E-state index in [4.69, 9.17) is 9.47 Å². The third-order valence-corrected chi connectivity index (χ3v) is 5.05. The molecule has 1 saturated heterocycles. The van der Waals surface area contributed by atoms with Gasteiger partial charge >= 0.3 is 5.97 Å². The van der Waals surface area contributed by atoms with Crippen molar-refractivity contribution in [3.63, 3.8) is 0 Å². The fraction of sp³-hybridized carbons (Fsp3) is 0.348. The predicted octanol–water partition coefficient (Wildman–Crippen LogP) is 3.18. The molecule has 2 atom stereocenters. The van der Waals surface area contributed by atoms with Crippen LogP contribution >= 0.6 is 0 Å². The average Bonchev–Trinajstić information content (AvgIpc) is 3.15. The molecule has 1 aliphatic rings. The van der Waals surface area contributed by atoms with Gasteiger partial charge in [-0.3, -0.25) is 14.4 Å². The van der Waals surface area contributed by atoms with E-state index in [1.165, 1.54) is 0 Å². The Hall–Kier alpha value is -3.35. The molecule has 0 aliphatic carbocycles. The van der Waals surface area contributed by atoms with E-state index in [2.05, 4.69) is 5.32 Å². The van der Waals surface area contributed by atoms with Gasteiger partial charge in [0.2, 0.25) is 5.91 Å². The van der Waals surface area contributed by atoms with Crippen LogP contribution in [0.5, 0.6) is 5.75 Å². The molecular formula is C23H26N2O5. The second-order valence-corrected chi connectivity index (χ2v) is 7.12. The van der Waals surface area contributed by atoms with Crippen LogP contribution in [0.2, 0.25) is 0 Å². The molecule has 7 nitrogen and oxygen atoms in total. The van der Waals surface area contributed by atoms with Crippen molar-refractivity contribution in [2.45, 2.75) is 26.3 Å². The van der Waals surface area contributed by atoms with Crippen molar-refractivity contribution in [1.29, 1.82) is 0 Å². The number of carbonyl (C=O) groups excluding carboxylic acids is 3. The van der Waals surface area contributed by atoms with Gasteiger partial charge in [-0.2, -0.15) is 0 Å². The molecule has 0 unspecified atom stereocenters. The molecule has 1 fully saturated rings. The van der Waals surface area contributed by atoms with Crippen LogP contribution in [0.4, 0.5) is 5.69 Å². The third kappa shape index (κ3) is 5.17. The highest BCUT2D eigenvalue weighted by atomic mass is 16.5. The maximum absolute atomic E-state index is 12.4. The number of nitrogens with one attached hydrogen (secondary N) is 1. The molecule has 7 heteroatoms. The van der Waals surface area contributed by atoms with Crippen LogP contribution in [-0.4, -0.2) is 42.4 Å². The lowest BCUT2D eigenvalue weighted by Crippen LogP contribution is -2.30. The van der Waals surface area contributed by atoms with Gasteiger partial charge in [-0.15, -0.1) is 0 Å². The molecular weight excluding hydrogens is 384 g/mol. The monoisotopic (exact) mass is 410 g/mol. The number of likely N-dealkylation sites (tertiary alicyclic amines) is 1. The largest absolute Gasteiger partial charge is 0.492 e. The van der Waals surface area contributed by atoms with Crippen LogP contribution in [0.15, 0.2) is 54.6 Å². The second kappa shape index (κ2) is 9.91. The molecule has 0 bridgehead atoms. The summed E-state index contributed by atoms with van der Waals surface area (Å²) in [5.74, 6) is -1.13. The van der Waals surface area contributed by atoms with Gasteiger partial charge in [0.15, 0.2) is 6.61 Å². The summed E-state index contributed by atoms with van der Waals surface area (Å²) in [7, 11) is 0. The van der Waals surface area contributed by atoms with E-state index < -0.39 is 24.4 Å². The maximum Gasteiger partial charge on any atom is 0.311 e. The molecule has 3 rings (SSSR count). The summed E-state index contributed by atoms with van der Waals surface area (Å²) in [6.07, 6.45) is 0.0881. The zero-order valence-electron chi connectivity index (χ0n) is 17.2. The summed E-state index contributed by atoms with van der Waals surface area (Å²) < 4.78 is 10.6. The van der Waals surface area contributed by atoms with Crippen molar-refractivity contribution in [3.8, 4) is 5.75 Å². The number of rotatable bonds is 8. The Kier molecular flexibility index (Phi) is 7.06. The van der Waals surface area contributed by atoms with Gasteiger partial charge in [-0.05, 0) is 31.5 Å². The van der Waals surface area contributed by atoms with E-state index in [0.717, 1.165) is 5.56 Å². The van der Waals surface area contributed by atoms with Crippen molar-refractivity contribution >= 4 is 23.5 Å². The first-order valence-electron chi connectivity index (χ1n) is 10.0. The number of hydrogen-bond donors (Lipinski definition) is 1. The number of anilines is 1. The smallest absolute Gasteiger partial charge is 0.311 e. The first-order chi connectivity index (χ1) is 14.5. The Morgan fingerprint density at radius 3 is 2.57 bits per heavy atom. The SMILES string of the molecule is CCOc1ccccc1NC(=O)COC(=O)[C@@H]1CC(=O)N([C@H](C)c2ccccc2)C1. The molecule has 158 valence electrons. The van der Waals surface area contributed by atoms with E-state index in [-0.39, 0.29) is 24.9 Å². The predicted molar refractivity (Wildman–Crippen MR) is 112 cm³/mol. The molecule has 0 saturated carbocycles. The number of benzene rings is 2. The van der Waals surface area contributed by atoms with Gasteiger partial charge in [0, 0.05) is 13.0 Å². The number of para-hydroxylation sites is 2. The van der Waals surface area contributed by atoms with Crippen molar-refractivity contribution in [3.05, 3.63) is 60.2 Å². The fourth-order valence-electron chi connectivity index (χ4n) is 3.47. The van der Waals surface area contributed by atoms with E-state index in [1.54, 1.807) is 29.2 Å². The van der Waals surface area contributed by atoms with Gasteiger partial charge in [-0.25, -0.2) is 0 Å². The fourth-order valence-corrected chi connectivity index (χ4v) is 3.47. The number of ether oxygens (including phenoxy) is 2. The van der Waals surface area contributed by atoms with Gasteiger partial charge in [0.1, 0.15) is 5.75 Å². The van der Waals surface area contributed by atoms with Crippen molar-refractivity contribution in [2.24, 2.45) is 5.92 Å². The summed E-state index contributed by atoms with van der Waals surface area (Å²) >= 11 is 0. The molecule has 1 aliphatic heterocycles. The highest BCUT2D eigenvalue weighted by molar-refractivity contribution is 5.94. The summed E-state index contributed by atoms with van der Waals surface area (Å²) in [4.78, 5) is 38.7. The highest BCUT2D eigenvalue weighted by Crippen LogP contribution is 2.29. The summed E-state index contributed by atoms with van der Waals surface area (Å²) in [5.41, 5.74) is 1.52. The van der Waals surface area contributed by atoms with Crippen LogP contribution in [-0.2, 0) is 19.1 Å². The van der Waals surface area contributed by atoms with E-state index in [0.29, 0.717) is 18.0 Å². The van der Waals surface area contributed by atoms with E-state index in [1.807, 2.05) is 44.2 Å². The minimum absolute atomic E-state index is 0.0881. The molecule has 30 heavy (non-hydrogen) atoms. The molecule has 0 aromatic heterocycles. The second-order valence-electron chi connectivity index (χ2n) is 7.12. The van der Waals surface area contributed by atoms with Gasteiger partial charge < -0.3 is 19.7 Å². The summed E-state index contributed by atoms with van der Waals surface area (Å²) in [5, 5.41) is 2.68. The Morgan fingerprint density at radius 1 is 1.13 bits per heavy atom. The summed E-state index contributed by atoms with van der Waals surface area (Å²) in [6.45, 7) is 4.12. The van der Waals surface area contributed by atoms with Crippen LogP contribution in [0, 0.1) is 5.92 Å². The summed E-state index contributed by atoms with van der Waals surface area (Å²) in [6, 6.07) is 16.6. The molecule has 2 aromatic rings. The number of carbonyl (C=O) groups is 3. The van der Waals surface area contributed by atoms with Crippen molar-refractivity contribution in [1.82, 2.24) is 4.90 Å². The minimum atomic E-state index is -0.577. The highest BCUT2D eigenvalue weighted by Gasteiger charge is 2.38. The Labute approximate surface area is 176 Å². The Balaban J connectivity index is 1.52. The normalized spacial score (nSPS) is 16.8. The lowest BCUT2D eigenvalue weighted by molar-refractivity contribution is -0.151. The number of esters is 1. The number of amides is 2. The quantitative estimate of drug-likeness (QED) is 0.676. The van der Waals surface area contributed by atoms with Gasteiger partial charge in [-0.1, -0.05) is 42.5 Å². The van der Waals surface area contributed by atoms with Crippen molar-refractivity contribution in [2.75, 3.05) is 25.1 Å². The molecule has 1 heterocycles. The molecule has 2 aromatic carbocycles. The van der Waals surface area contributed by atoms with E-state index in [9.17, 15) is 14.4 Å². The molecule has 1 N–H and O–H groups in total. The van der Waals surface area contributed by atoms with Crippen LogP contribution in [0.1, 0.15) is 31.9 Å². The first kappa shape index (κ1) is 21.4. The standard InChI is InChI=1S/C23H26N2O5/c1-3-29-20-12-8-7-11-19(20)24-21(26)15-30-23(28)18-13-22(27)25(14-18)16(2)17-9-5-4-6-10-17/h4-12,16,18H,3,13-15H2,1-2H3,(H,24,26)/t16-,18-/m1/s1. The van der Waals surface area contributed by atoms with E-state index >= 15 is 0 Å². The third-order valence-electron chi connectivity index (χ3n) is 5.05. The zero-order chi connectivity index (χ0) is 21.5. The first-order valence-corrected chi connectivity index (χ1v) is 10.0. The zero-order valence-corrected chi connectivity index (χ0v) is 17.2. The average molecular weight is 410 g/mol. The lowest BCUT2D eigenvalue weighted by Gasteiger charge is -2.25. The van der Waals surface area contributed by atoms with Crippen LogP contribution < -0.4 is 10.1 Å². The Bertz CT molecular complexity index is 899. The maximum atomic E-state index is 12.4. The number of hydrogen-bond acceptors (Lipinski definition) is 5. The Morgan fingerprint density at radius 2 is 1.83 bits per heavy atom. The van der Waals surface area contributed by atoms with Crippen LogP contribution in [0.3, 0.4) is 0 Å².